The number of fused-ring (bicyclic) bond motifs is 1. The topological polar surface area (TPSA) is 61.6 Å². The van der Waals surface area contributed by atoms with Crippen LogP contribution in [0.25, 0.3) is 5.57 Å². The molecule has 0 N–H and O–H groups in total. The van der Waals surface area contributed by atoms with Gasteiger partial charge in [0.1, 0.15) is 18.4 Å². The summed E-state index contributed by atoms with van der Waals surface area (Å²) in [4.78, 5) is 13.0. The summed E-state index contributed by atoms with van der Waals surface area (Å²) in [6.07, 6.45) is 1.80. The number of carbonyl (C=O) groups excluding carboxylic acids is 1. The molecule has 0 unspecified atom stereocenters. The van der Waals surface area contributed by atoms with E-state index in [4.69, 9.17) is 9.47 Å². The molecule has 0 aromatic heterocycles. The number of carbonyl (C=O) groups is 1. The Hall–Kier alpha value is -3.86. The number of esters is 1. The van der Waals surface area contributed by atoms with E-state index >= 15 is 0 Å². The highest BCUT2D eigenvalue weighted by atomic mass is 16.5. The minimum atomic E-state index is -0.502. The van der Waals surface area contributed by atoms with Gasteiger partial charge in [0.15, 0.2) is 0 Å². The summed E-state index contributed by atoms with van der Waals surface area (Å²) in [6, 6.07) is 23.9. The molecule has 174 valence electrons. The van der Waals surface area contributed by atoms with Gasteiger partial charge in [-0.15, -0.1) is 0 Å². The molecule has 0 heterocycles. The summed E-state index contributed by atoms with van der Waals surface area (Å²) >= 11 is 0. The molecule has 5 nitrogen and oxygen atoms in total. The number of rotatable bonds is 8. The van der Waals surface area contributed by atoms with E-state index < -0.39 is 5.97 Å². The van der Waals surface area contributed by atoms with Gasteiger partial charge in [-0.25, -0.2) is 9.53 Å². The fraction of sp³-hybridized carbons (Fsp3) is 0.241. The molecule has 0 radical (unpaired) electrons. The van der Waals surface area contributed by atoms with Crippen molar-refractivity contribution in [1.82, 2.24) is 0 Å². The van der Waals surface area contributed by atoms with Gasteiger partial charge in [-0.3, -0.25) is 0 Å². The average Bonchev–Trinajstić information content (AvgIpc) is 3.17. The Kier molecular flexibility index (Phi) is 7.12. The van der Waals surface area contributed by atoms with E-state index in [2.05, 4.69) is 12.1 Å². The number of aryl methyl sites for hydroxylation is 2. The molecule has 3 aromatic carbocycles. The van der Waals surface area contributed by atoms with Gasteiger partial charge in [0, 0.05) is 5.57 Å². The van der Waals surface area contributed by atoms with Crippen LogP contribution >= 0.6 is 0 Å². The standard InChI is InChI=1S/C29H29NO4/c1-4-33-29(31)27-26(22-14-8-10-20(2)18-22)24-16-15-23(19-25(24)28(27)30(3)32)34-17-9-13-21-11-6-5-7-12-21/h5-8,10-12,14-16,18-19H,4,9,13,17H2,1-3H3/b30-28+. The number of hydrogen-bond acceptors (Lipinski definition) is 4. The quantitative estimate of drug-likeness (QED) is 0.152. The molecule has 1 aliphatic rings. The van der Waals surface area contributed by atoms with E-state index in [1.807, 2.05) is 67.6 Å². The third-order valence-electron chi connectivity index (χ3n) is 5.82. The van der Waals surface area contributed by atoms with E-state index in [9.17, 15) is 10.0 Å². The summed E-state index contributed by atoms with van der Waals surface area (Å²) in [5.41, 5.74) is 6.02. The zero-order valence-corrected chi connectivity index (χ0v) is 19.8. The molecule has 0 aliphatic heterocycles. The van der Waals surface area contributed by atoms with E-state index in [-0.39, 0.29) is 6.61 Å². The molecule has 0 fully saturated rings. The Balaban J connectivity index is 1.67. The predicted molar refractivity (Wildman–Crippen MR) is 134 cm³/mol. The van der Waals surface area contributed by atoms with Crippen molar-refractivity contribution in [2.45, 2.75) is 26.7 Å². The largest absolute Gasteiger partial charge is 0.624 e. The normalized spacial score (nSPS) is 14.1. The monoisotopic (exact) mass is 455 g/mol. The van der Waals surface area contributed by atoms with E-state index in [1.54, 1.807) is 6.92 Å². The number of hydrogen-bond donors (Lipinski definition) is 0. The fourth-order valence-electron chi connectivity index (χ4n) is 4.36. The Morgan fingerprint density at radius 3 is 2.47 bits per heavy atom. The lowest BCUT2D eigenvalue weighted by atomic mass is 9.96. The van der Waals surface area contributed by atoms with Crippen LogP contribution < -0.4 is 4.74 Å². The van der Waals surface area contributed by atoms with Gasteiger partial charge >= 0.3 is 5.97 Å². The van der Waals surface area contributed by atoms with Gasteiger partial charge < -0.3 is 14.7 Å². The van der Waals surface area contributed by atoms with Crippen LogP contribution in [-0.2, 0) is 16.0 Å². The summed E-state index contributed by atoms with van der Waals surface area (Å²) in [6.45, 7) is 4.54. The second-order valence-electron chi connectivity index (χ2n) is 8.33. The molecule has 0 atom stereocenters. The predicted octanol–water partition coefficient (Wildman–Crippen LogP) is 5.31. The SMILES string of the molecule is CCOC(=O)C1=C(c2cccc(C)c2)c2ccc(OCCCc3ccccc3)cc2/C1=[N+](/C)[O-]. The van der Waals surface area contributed by atoms with Crippen LogP contribution in [0.15, 0.2) is 78.4 Å². The molecule has 4 rings (SSSR count). The molecule has 3 aromatic rings. The Bertz CT molecular complexity index is 1250. The first-order chi connectivity index (χ1) is 16.5. The molecule has 34 heavy (non-hydrogen) atoms. The van der Waals surface area contributed by atoms with Gasteiger partial charge in [-0.1, -0.05) is 60.2 Å². The molecule has 0 saturated carbocycles. The van der Waals surface area contributed by atoms with Crippen LogP contribution in [0.5, 0.6) is 5.75 Å². The van der Waals surface area contributed by atoms with Crippen LogP contribution in [0.3, 0.4) is 0 Å². The van der Waals surface area contributed by atoms with Crippen molar-refractivity contribution in [3.05, 3.63) is 111 Å². The second-order valence-corrected chi connectivity index (χ2v) is 8.33. The van der Waals surface area contributed by atoms with Crippen LogP contribution in [-0.4, -0.2) is 36.7 Å². The van der Waals surface area contributed by atoms with Crippen molar-refractivity contribution in [3.63, 3.8) is 0 Å². The van der Waals surface area contributed by atoms with Gasteiger partial charge in [0.25, 0.3) is 0 Å². The summed E-state index contributed by atoms with van der Waals surface area (Å²) in [5, 5.41) is 12.7. The summed E-state index contributed by atoms with van der Waals surface area (Å²) in [5.74, 6) is 0.165. The molecule has 0 spiro atoms. The first-order valence-electron chi connectivity index (χ1n) is 11.6. The van der Waals surface area contributed by atoms with Crippen molar-refractivity contribution in [2.75, 3.05) is 20.3 Å². The Morgan fingerprint density at radius 1 is 0.971 bits per heavy atom. The zero-order valence-electron chi connectivity index (χ0n) is 19.8. The van der Waals surface area contributed by atoms with Crippen LogP contribution in [0, 0.1) is 12.1 Å². The van der Waals surface area contributed by atoms with E-state index in [1.165, 1.54) is 12.6 Å². The van der Waals surface area contributed by atoms with Gasteiger partial charge in [0.05, 0.1) is 18.8 Å². The molecular formula is C29H29NO4. The summed E-state index contributed by atoms with van der Waals surface area (Å²) in [7, 11) is 1.41. The minimum Gasteiger partial charge on any atom is -0.624 e. The van der Waals surface area contributed by atoms with Crippen molar-refractivity contribution < 1.29 is 19.0 Å². The highest BCUT2D eigenvalue weighted by Gasteiger charge is 2.39. The minimum absolute atomic E-state index is 0.228. The second kappa shape index (κ2) is 10.4. The van der Waals surface area contributed by atoms with Crippen molar-refractivity contribution >= 4 is 17.3 Å². The van der Waals surface area contributed by atoms with Gasteiger partial charge in [0.2, 0.25) is 5.71 Å². The lowest BCUT2D eigenvalue weighted by Crippen LogP contribution is -2.21. The molecular weight excluding hydrogens is 426 g/mol. The highest BCUT2D eigenvalue weighted by molar-refractivity contribution is 6.35. The maximum absolute atomic E-state index is 13.0. The maximum Gasteiger partial charge on any atom is 0.345 e. The van der Waals surface area contributed by atoms with E-state index in [0.717, 1.165) is 34.3 Å². The van der Waals surface area contributed by atoms with Crippen LogP contribution in [0.4, 0.5) is 0 Å². The first kappa shape index (κ1) is 23.3. The average molecular weight is 456 g/mol. The van der Waals surface area contributed by atoms with Crippen molar-refractivity contribution in [3.8, 4) is 5.75 Å². The van der Waals surface area contributed by atoms with Crippen molar-refractivity contribution in [2.24, 2.45) is 0 Å². The lowest BCUT2D eigenvalue weighted by molar-refractivity contribution is -0.421. The van der Waals surface area contributed by atoms with Gasteiger partial charge in [-0.05, 0) is 61.6 Å². The fourth-order valence-corrected chi connectivity index (χ4v) is 4.36. The molecule has 0 amide bonds. The van der Waals surface area contributed by atoms with Crippen LogP contribution in [0.2, 0.25) is 0 Å². The first-order valence-corrected chi connectivity index (χ1v) is 11.6. The van der Waals surface area contributed by atoms with Gasteiger partial charge in [-0.2, -0.15) is 0 Å². The number of benzene rings is 3. The Labute approximate surface area is 200 Å². The van der Waals surface area contributed by atoms with Crippen LogP contribution in [0.1, 0.15) is 41.2 Å². The molecule has 1 aliphatic carbocycles. The molecule has 0 saturated heterocycles. The molecule has 0 bridgehead atoms. The third-order valence-corrected chi connectivity index (χ3v) is 5.82. The number of ether oxygens (including phenoxy) is 2. The highest BCUT2D eigenvalue weighted by Crippen LogP contribution is 2.40. The zero-order chi connectivity index (χ0) is 24.1. The Morgan fingerprint density at radius 2 is 1.76 bits per heavy atom. The maximum atomic E-state index is 13.0. The smallest absolute Gasteiger partial charge is 0.345 e. The number of hydroxylamine groups is 1. The van der Waals surface area contributed by atoms with Crippen molar-refractivity contribution in [1.29, 1.82) is 0 Å². The third kappa shape index (κ3) is 4.88. The number of nitrogens with zero attached hydrogens (tertiary/aromatic N) is 1. The summed E-state index contributed by atoms with van der Waals surface area (Å²) < 4.78 is 12.1. The lowest BCUT2D eigenvalue weighted by Gasteiger charge is -2.10. The van der Waals surface area contributed by atoms with E-state index in [0.29, 0.717) is 34.8 Å². The molecule has 5 heteroatoms.